The van der Waals surface area contributed by atoms with Gasteiger partial charge in [-0.2, -0.15) is 0 Å². The molecule has 18 heavy (non-hydrogen) atoms. The van der Waals surface area contributed by atoms with Gasteiger partial charge in [-0.15, -0.1) is 0 Å². The molecule has 2 fully saturated rings. The zero-order chi connectivity index (χ0) is 13.0. The highest BCUT2D eigenvalue weighted by atomic mass is 15.2. The van der Waals surface area contributed by atoms with E-state index in [4.69, 9.17) is 5.73 Å². The molecule has 2 N–H and O–H groups in total. The van der Waals surface area contributed by atoms with Crippen LogP contribution >= 0.6 is 0 Å². The van der Waals surface area contributed by atoms with Crippen molar-refractivity contribution in [3.63, 3.8) is 0 Å². The van der Waals surface area contributed by atoms with E-state index in [9.17, 15) is 0 Å². The van der Waals surface area contributed by atoms with Crippen LogP contribution in [0.3, 0.4) is 0 Å². The predicted octanol–water partition coefficient (Wildman–Crippen LogP) is 1.92. The molecular weight excluding hydrogens is 222 g/mol. The van der Waals surface area contributed by atoms with Gasteiger partial charge in [0.25, 0.3) is 0 Å². The summed E-state index contributed by atoms with van der Waals surface area (Å²) in [5, 5.41) is 0. The molecule has 1 aliphatic carbocycles. The van der Waals surface area contributed by atoms with Gasteiger partial charge in [0.2, 0.25) is 0 Å². The zero-order valence-electron chi connectivity index (χ0n) is 12.3. The lowest BCUT2D eigenvalue weighted by atomic mass is 9.93. The Labute approximate surface area is 113 Å². The second-order valence-electron chi connectivity index (χ2n) is 6.54. The molecule has 1 aliphatic heterocycles. The van der Waals surface area contributed by atoms with E-state index in [-0.39, 0.29) is 0 Å². The zero-order valence-corrected chi connectivity index (χ0v) is 12.3. The smallest absolute Gasteiger partial charge is 0.0117 e. The van der Waals surface area contributed by atoms with Crippen LogP contribution in [0.2, 0.25) is 0 Å². The van der Waals surface area contributed by atoms with Gasteiger partial charge in [0, 0.05) is 18.6 Å². The van der Waals surface area contributed by atoms with E-state index >= 15 is 0 Å². The Bertz CT molecular complexity index is 236. The Hall–Kier alpha value is -0.120. The second kappa shape index (κ2) is 6.88. The van der Waals surface area contributed by atoms with Crippen molar-refractivity contribution in [1.29, 1.82) is 0 Å². The van der Waals surface area contributed by atoms with Crippen LogP contribution in [0, 0.1) is 5.92 Å². The molecule has 0 aromatic rings. The molecule has 0 bridgehead atoms. The summed E-state index contributed by atoms with van der Waals surface area (Å²) >= 11 is 0. The number of hydrogen-bond acceptors (Lipinski definition) is 3. The number of nitrogens with zero attached hydrogens (tertiary/aromatic N) is 2. The third-order valence-corrected chi connectivity index (χ3v) is 5.05. The first-order valence-electron chi connectivity index (χ1n) is 7.81. The Balaban J connectivity index is 1.80. The summed E-state index contributed by atoms with van der Waals surface area (Å²) in [6, 6.07) is 1.23. The van der Waals surface area contributed by atoms with E-state index in [1.807, 2.05) is 0 Å². The first-order valence-corrected chi connectivity index (χ1v) is 7.81. The Kier molecular flexibility index (Phi) is 5.46. The molecule has 1 saturated heterocycles. The maximum Gasteiger partial charge on any atom is 0.0117 e. The fourth-order valence-electron chi connectivity index (χ4n) is 3.59. The second-order valence-corrected chi connectivity index (χ2v) is 6.54. The van der Waals surface area contributed by atoms with E-state index in [2.05, 4.69) is 23.9 Å². The Morgan fingerprint density at radius 3 is 2.44 bits per heavy atom. The van der Waals surface area contributed by atoms with E-state index < -0.39 is 0 Å². The highest BCUT2D eigenvalue weighted by molar-refractivity contribution is 4.83. The average molecular weight is 253 g/mol. The SMILES string of the molecule is CN1CCC(N(C)CC2CCCCCC2N)CC1. The van der Waals surface area contributed by atoms with Gasteiger partial charge in [0.1, 0.15) is 0 Å². The maximum absolute atomic E-state index is 6.34. The quantitative estimate of drug-likeness (QED) is 0.780. The van der Waals surface area contributed by atoms with Crippen molar-refractivity contribution in [3.8, 4) is 0 Å². The van der Waals surface area contributed by atoms with Crippen LogP contribution in [0.1, 0.15) is 44.9 Å². The molecule has 0 amide bonds. The number of piperidine rings is 1. The monoisotopic (exact) mass is 253 g/mol. The summed E-state index contributed by atoms with van der Waals surface area (Å²) in [5.41, 5.74) is 6.34. The molecule has 106 valence electrons. The molecular formula is C15H31N3. The first-order chi connectivity index (χ1) is 8.66. The lowest BCUT2D eigenvalue weighted by molar-refractivity contribution is 0.121. The van der Waals surface area contributed by atoms with Gasteiger partial charge in [-0.05, 0) is 58.8 Å². The van der Waals surface area contributed by atoms with Crippen molar-refractivity contribution >= 4 is 0 Å². The molecule has 2 aliphatic rings. The van der Waals surface area contributed by atoms with Crippen LogP contribution in [0.4, 0.5) is 0 Å². The van der Waals surface area contributed by atoms with Crippen molar-refractivity contribution in [2.75, 3.05) is 33.7 Å². The number of rotatable bonds is 3. The fourth-order valence-corrected chi connectivity index (χ4v) is 3.59. The van der Waals surface area contributed by atoms with Crippen molar-refractivity contribution in [2.45, 2.75) is 57.0 Å². The van der Waals surface area contributed by atoms with Crippen molar-refractivity contribution in [1.82, 2.24) is 9.80 Å². The van der Waals surface area contributed by atoms with E-state index in [1.165, 1.54) is 64.6 Å². The van der Waals surface area contributed by atoms with Crippen LogP contribution in [0.25, 0.3) is 0 Å². The predicted molar refractivity (Wildman–Crippen MR) is 77.7 cm³/mol. The van der Waals surface area contributed by atoms with Crippen molar-refractivity contribution in [2.24, 2.45) is 11.7 Å². The van der Waals surface area contributed by atoms with Crippen LogP contribution < -0.4 is 5.73 Å². The minimum absolute atomic E-state index is 0.446. The van der Waals surface area contributed by atoms with Crippen LogP contribution in [0.5, 0.6) is 0 Å². The van der Waals surface area contributed by atoms with Crippen LogP contribution in [0.15, 0.2) is 0 Å². The molecule has 3 heteroatoms. The van der Waals surface area contributed by atoms with Gasteiger partial charge in [0.15, 0.2) is 0 Å². The van der Waals surface area contributed by atoms with Gasteiger partial charge >= 0.3 is 0 Å². The normalized spacial score (nSPS) is 32.7. The van der Waals surface area contributed by atoms with Gasteiger partial charge in [-0.3, -0.25) is 0 Å². The molecule has 1 saturated carbocycles. The minimum atomic E-state index is 0.446. The molecule has 2 rings (SSSR count). The van der Waals surface area contributed by atoms with E-state index in [0.717, 1.165) is 12.0 Å². The van der Waals surface area contributed by atoms with Crippen LogP contribution in [-0.4, -0.2) is 55.6 Å². The lowest BCUT2D eigenvalue weighted by Crippen LogP contribution is -2.46. The van der Waals surface area contributed by atoms with Gasteiger partial charge in [-0.1, -0.05) is 19.3 Å². The fraction of sp³-hybridized carbons (Fsp3) is 1.00. The number of nitrogens with two attached hydrogens (primary N) is 1. The lowest BCUT2D eigenvalue weighted by Gasteiger charge is -2.37. The van der Waals surface area contributed by atoms with E-state index in [1.54, 1.807) is 0 Å². The molecule has 0 aromatic carbocycles. The highest BCUT2D eigenvalue weighted by Gasteiger charge is 2.26. The van der Waals surface area contributed by atoms with Gasteiger partial charge in [0.05, 0.1) is 0 Å². The summed E-state index contributed by atoms with van der Waals surface area (Å²) < 4.78 is 0. The third-order valence-electron chi connectivity index (χ3n) is 5.05. The topological polar surface area (TPSA) is 32.5 Å². The van der Waals surface area contributed by atoms with Crippen molar-refractivity contribution < 1.29 is 0 Å². The van der Waals surface area contributed by atoms with Crippen molar-refractivity contribution in [3.05, 3.63) is 0 Å². The molecule has 1 heterocycles. The van der Waals surface area contributed by atoms with E-state index in [0.29, 0.717) is 6.04 Å². The summed E-state index contributed by atoms with van der Waals surface area (Å²) in [4.78, 5) is 5.05. The van der Waals surface area contributed by atoms with Crippen LogP contribution in [-0.2, 0) is 0 Å². The minimum Gasteiger partial charge on any atom is -0.327 e. The number of likely N-dealkylation sites (tertiary alicyclic amines) is 1. The summed E-state index contributed by atoms with van der Waals surface area (Å²) in [6.07, 6.45) is 9.37. The molecule has 2 unspecified atom stereocenters. The molecule has 2 atom stereocenters. The summed E-state index contributed by atoms with van der Waals surface area (Å²) in [7, 11) is 4.55. The molecule has 0 radical (unpaired) electrons. The highest BCUT2D eigenvalue weighted by Crippen LogP contribution is 2.24. The molecule has 0 aromatic heterocycles. The Morgan fingerprint density at radius 2 is 1.72 bits per heavy atom. The molecule has 3 nitrogen and oxygen atoms in total. The number of hydrogen-bond donors (Lipinski definition) is 1. The third kappa shape index (κ3) is 3.94. The maximum atomic E-state index is 6.34. The Morgan fingerprint density at radius 1 is 1.06 bits per heavy atom. The summed E-state index contributed by atoms with van der Waals surface area (Å²) in [5.74, 6) is 0.733. The van der Waals surface area contributed by atoms with Gasteiger partial charge in [-0.25, -0.2) is 0 Å². The largest absolute Gasteiger partial charge is 0.327 e. The average Bonchev–Trinajstić information content (AvgIpc) is 2.56. The standard InChI is InChI=1S/C15H31N3/c1-17-10-8-14(9-11-17)18(2)12-13-6-4-3-5-7-15(13)16/h13-15H,3-12,16H2,1-2H3. The summed E-state index contributed by atoms with van der Waals surface area (Å²) in [6.45, 7) is 3.73. The van der Waals surface area contributed by atoms with Gasteiger partial charge < -0.3 is 15.5 Å². The first kappa shape index (κ1) is 14.3. The molecule has 0 spiro atoms.